The van der Waals surface area contributed by atoms with Crippen LogP contribution in [-0.4, -0.2) is 6.54 Å². The topological polar surface area (TPSA) is 12.0 Å². The zero-order valence-corrected chi connectivity index (χ0v) is 11.0. The van der Waals surface area contributed by atoms with Gasteiger partial charge in [-0.05, 0) is 42.6 Å². The first-order valence-corrected chi connectivity index (χ1v) is 6.55. The van der Waals surface area contributed by atoms with Crippen LogP contribution in [0.25, 0.3) is 0 Å². The zero-order chi connectivity index (χ0) is 14.4. The van der Waals surface area contributed by atoms with E-state index in [0.717, 1.165) is 31.5 Å². The minimum atomic E-state index is -1.42. The lowest BCUT2D eigenvalue weighted by Crippen LogP contribution is -2.16. The summed E-state index contributed by atoms with van der Waals surface area (Å²) in [5.74, 6) is -3.71. The minimum absolute atomic E-state index is 0.322. The van der Waals surface area contributed by atoms with Crippen LogP contribution in [0.5, 0.6) is 0 Å². The maximum atomic E-state index is 13.0. The molecule has 0 aromatic heterocycles. The number of benzene rings is 2. The molecule has 0 saturated heterocycles. The van der Waals surface area contributed by atoms with Gasteiger partial charge in [-0.25, -0.2) is 13.2 Å². The average molecular weight is 279 g/mol. The number of hydrogen-bond acceptors (Lipinski definition) is 1. The van der Waals surface area contributed by atoms with Gasteiger partial charge in [0.15, 0.2) is 17.5 Å². The molecule has 0 unspecified atom stereocenters. The largest absolute Gasteiger partial charge is 0.313 e. The summed E-state index contributed by atoms with van der Waals surface area (Å²) in [4.78, 5) is 0. The minimum Gasteiger partial charge on any atom is -0.313 e. The van der Waals surface area contributed by atoms with Gasteiger partial charge in [0, 0.05) is 6.54 Å². The molecule has 0 radical (unpaired) electrons. The van der Waals surface area contributed by atoms with Crippen LogP contribution in [-0.2, 0) is 13.0 Å². The Kier molecular flexibility index (Phi) is 5.18. The highest BCUT2D eigenvalue weighted by molar-refractivity contribution is 5.19. The Morgan fingerprint density at radius 3 is 2.15 bits per heavy atom. The number of halogens is 3. The van der Waals surface area contributed by atoms with Crippen molar-refractivity contribution in [3.05, 3.63) is 71.0 Å². The summed E-state index contributed by atoms with van der Waals surface area (Å²) < 4.78 is 38.8. The summed E-state index contributed by atoms with van der Waals surface area (Å²) in [6.45, 7) is 1.05. The molecule has 4 heteroatoms. The lowest BCUT2D eigenvalue weighted by molar-refractivity contribution is 0.444. The first-order valence-electron chi connectivity index (χ1n) is 6.55. The number of hydrogen-bond donors (Lipinski definition) is 1. The molecule has 0 aliphatic carbocycles. The standard InChI is InChI=1S/C16H16F3N/c17-14-9-13(10-15(18)16(14)19)11-20-8-4-7-12-5-2-1-3-6-12/h1-3,5-6,9-10,20H,4,7-8,11H2. The monoisotopic (exact) mass is 279 g/mol. The molecule has 0 atom stereocenters. The zero-order valence-electron chi connectivity index (χ0n) is 11.0. The van der Waals surface area contributed by atoms with Crippen LogP contribution in [0.2, 0.25) is 0 Å². The summed E-state index contributed by atoms with van der Waals surface area (Å²) in [7, 11) is 0. The molecule has 0 saturated carbocycles. The second-order valence-electron chi connectivity index (χ2n) is 4.64. The Balaban J connectivity index is 1.74. The lowest BCUT2D eigenvalue weighted by Gasteiger charge is -2.06. The molecule has 0 aliphatic rings. The quantitative estimate of drug-likeness (QED) is 0.626. The fourth-order valence-electron chi connectivity index (χ4n) is 2.00. The predicted molar refractivity (Wildman–Crippen MR) is 72.8 cm³/mol. The Morgan fingerprint density at radius 1 is 0.850 bits per heavy atom. The van der Waals surface area contributed by atoms with Crippen molar-refractivity contribution in [3.63, 3.8) is 0 Å². The van der Waals surface area contributed by atoms with Gasteiger partial charge in [-0.1, -0.05) is 30.3 Å². The third-order valence-electron chi connectivity index (χ3n) is 3.03. The second kappa shape index (κ2) is 7.10. The first-order chi connectivity index (χ1) is 9.66. The average Bonchev–Trinajstić information content (AvgIpc) is 2.45. The Hall–Kier alpha value is -1.81. The van der Waals surface area contributed by atoms with E-state index in [-0.39, 0.29) is 0 Å². The third kappa shape index (κ3) is 4.10. The number of nitrogens with one attached hydrogen (secondary N) is 1. The van der Waals surface area contributed by atoms with Gasteiger partial charge in [-0.3, -0.25) is 0 Å². The molecule has 0 heterocycles. The van der Waals surface area contributed by atoms with Gasteiger partial charge in [0.1, 0.15) is 0 Å². The fraction of sp³-hybridized carbons (Fsp3) is 0.250. The summed E-state index contributed by atoms with van der Waals surface area (Å²) in [6, 6.07) is 12.1. The van der Waals surface area contributed by atoms with Crippen molar-refractivity contribution in [3.8, 4) is 0 Å². The van der Waals surface area contributed by atoms with Crippen LogP contribution in [0.3, 0.4) is 0 Å². The van der Waals surface area contributed by atoms with E-state index in [2.05, 4.69) is 17.4 Å². The van der Waals surface area contributed by atoms with E-state index >= 15 is 0 Å². The van der Waals surface area contributed by atoms with Crippen molar-refractivity contribution in [2.24, 2.45) is 0 Å². The van der Waals surface area contributed by atoms with E-state index in [1.54, 1.807) is 0 Å². The van der Waals surface area contributed by atoms with Gasteiger partial charge in [-0.15, -0.1) is 0 Å². The van der Waals surface area contributed by atoms with E-state index < -0.39 is 17.5 Å². The van der Waals surface area contributed by atoms with Crippen molar-refractivity contribution in [2.75, 3.05) is 6.54 Å². The fourth-order valence-corrected chi connectivity index (χ4v) is 2.00. The molecule has 20 heavy (non-hydrogen) atoms. The van der Waals surface area contributed by atoms with Gasteiger partial charge in [-0.2, -0.15) is 0 Å². The summed E-state index contributed by atoms with van der Waals surface area (Å²) in [5.41, 5.74) is 1.66. The molecule has 1 N–H and O–H groups in total. The van der Waals surface area contributed by atoms with Crippen molar-refractivity contribution in [1.82, 2.24) is 5.32 Å². The van der Waals surface area contributed by atoms with Crippen LogP contribution >= 0.6 is 0 Å². The Morgan fingerprint density at radius 2 is 1.50 bits per heavy atom. The van der Waals surface area contributed by atoms with Crippen molar-refractivity contribution in [2.45, 2.75) is 19.4 Å². The molecule has 2 aromatic rings. The van der Waals surface area contributed by atoms with Crippen molar-refractivity contribution in [1.29, 1.82) is 0 Å². The summed E-state index contributed by atoms with van der Waals surface area (Å²) >= 11 is 0. The molecular formula is C16H16F3N. The Labute approximate surface area is 116 Å². The van der Waals surface area contributed by atoms with Crippen molar-refractivity contribution < 1.29 is 13.2 Å². The summed E-state index contributed by atoms with van der Waals surface area (Å²) in [5, 5.41) is 3.09. The van der Waals surface area contributed by atoms with E-state index in [4.69, 9.17) is 0 Å². The normalized spacial score (nSPS) is 10.8. The van der Waals surface area contributed by atoms with Crippen molar-refractivity contribution >= 4 is 0 Å². The SMILES string of the molecule is Fc1cc(CNCCCc2ccccc2)cc(F)c1F. The molecule has 0 amide bonds. The first kappa shape index (κ1) is 14.6. The van der Waals surface area contributed by atoms with Crippen LogP contribution in [0.1, 0.15) is 17.5 Å². The molecule has 2 rings (SSSR count). The lowest BCUT2D eigenvalue weighted by atomic mass is 10.1. The van der Waals surface area contributed by atoms with Gasteiger partial charge in [0.25, 0.3) is 0 Å². The maximum absolute atomic E-state index is 13.0. The smallest absolute Gasteiger partial charge is 0.194 e. The third-order valence-corrected chi connectivity index (χ3v) is 3.03. The van der Waals surface area contributed by atoms with Crippen LogP contribution in [0, 0.1) is 17.5 Å². The van der Waals surface area contributed by atoms with E-state index in [1.807, 2.05) is 18.2 Å². The Bertz CT molecular complexity index is 532. The van der Waals surface area contributed by atoms with E-state index in [1.165, 1.54) is 5.56 Å². The molecule has 0 bridgehead atoms. The molecule has 0 spiro atoms. The van der Waals surface area contributed by atoms with Crippen LogP contribution < -0.4 is 5.32 Å². The molecule has 0 aliphatic heterocycles. The molecule has 2 aromatic carbocycles. The number of aryl methyl sites for hydroxylation is 1. The molecule has 106 valence electrons. The second-order valence-corrected chi connectivity index (χ2v) is 4.64. The highest BCUT2D eigenvalue weighted by Gasteiger charge is 2.09. The van der Waals surface area contributed by atoms with Gasteiger partial charge >= 0.3 is 0 Å². The van der Waals surface area contributed by atoms with Gasteiger partial charge in [0.2, 0.25) is 0 Å². The maximum Gasteiger partial charge on any atom is 0.194 e. The van der Waals surface area contributed by atoms with E-state index in [9.17, 15) is 13.2 Å². The molecular weight excluding hydrogens is 263 g/mol. The van der Waals surface area contributed by atoms with Gasteiger partial charge in [0.05, 0.1) is 0 Å². The van der Waals surface area contributed by atoms with Crippen LogP contribution in [0.15, 0.2) is 42.5 Å². The van der Waals surface area contributed by atoms with E-state index in [0.29, 0.717) is 12.1 Å². The summed E-state index contributed by atoms with van der Waals surface area (Å²) in [6.07, 6.45) is 1.87. The highest BCUT2D eigenvalue weighted by Crippen LogP contribution is 2.13. The predicted octanol–water partition coefficient (Wildman–Crippen LogP) is 3.83. The molecule has 1 nitrogen and oxygen atoms in total. The number of rotatable bonds is 6. The van der Waals surface area contributed by atoms with Crippen LogP contribution in [0.4, 0.5) is 13.2 Å². The highest BCUT2D eigenvalue weighted by atomic mass is 19.2. The van der Waals surface area contributed by atoms with Gasteiger partial charge < -0.3 is 5.32 Å². The molecule has 0 fully saturated rings.